The van der Waals surface area contributed by atoms with Crippen LogP contribution in [0.2, 0.25) is 0 Å². The average molecular weight is 423 g/mol. The summed E-state index contributed by atoms with van der Waals surface area (Å²) in [5, 5.41) is 4.82. The Kier molecular flexibility index (Phi) is 3.67. The van der Waals surface area contributed by atoms with Crippen molar-refractivity contribution in [1.29, 1.82) is 0 Å². The van der Waals surface area contributed by atoms with Gasteiger partial charge in [0, 0.05) is 45.1 Å². The monoisotopic (exact) mass is 423 g/mol. The molecule has 154 valence electrons. The van der Waals surface area contributed by atoms with E-state index in [2.05, 4.69) is 28.2 Å². The average Bonchev–Trinajstić information content (AvgIpc) is 3.22. The Hall–Kier alpha value is -4.57. The van der Waals surface area contributed by atoms with Crippen LogP contribution in [0.5, 0.6) is 0 Å². The lowest BCUT2D eigenvalue weighted by atomic mass is 9.99. The van der Waals surface area contributed by atoms with Gasteiger partial charge in [-0.05, 0) is 60.0 Å². The number of fused-ring (bicyclic) bond motifs is 5. The van der Waals surface area contributed by atoms with E-state index in [-0.39, 0.29) is 5.56 Å². The molecule has 0 unspecified atom stereocenters. The lowest BCUT2D eigenvalue weighted by Gasteiger charge is -2.09. The van der Waals surface area contributed by atoms with E-state index in [4.69, 9.17) is 0 Å². The molecule has 4 heterocycles. The molecule has 3 aromatic carbocycles. The van der Waals surface area contributed by atoms with Crippen LogP contribution in [0.25, 0.3) is 60.5 Å². The van der Waals surface area contributed by atoms with Gasteiger partial charge >= 0.3 is 0 Å². The summed E-state index contributed by atoms with van der Waals surface area (Å²) in [6, 6.07) is 30.2. The van der Waals surface area contributed by atoms with Gasteiger partial charge in [-0.15, -0.1) is 0 Å². The minimum Gasteiger partial charge on any atom is -0.275 e. The van der Waals surface area contributed by atoms with Crippen LogP contribution in [0.3, 0.4) is 0 Å². The minimum absolute atomic E-state index is 0.00859. The molecule has 0 amide bonds. The summed E-state index contributed by atoms with van der Waals surface area (Å²) in [5.41, 5.74) is 5.74. The van der Waals surface area contributed by atoms with E-state index in [1.165, 1.54) is 0 Å². The zero-order valence-electron chi connectivity index (χ0n) is 17.6. The normalized spacial score (nSPS) is 11.8. The third-order valence-electron chi connectivity index (χ3n) is 6.43. The Morgan fingerprint density at radius 2 is 1.15 bits per heavy atom. The molecule has 0 spiro atoms. The SMILES string of the molecule is O=c1c2ccccc2c2cc(-c3ccccn3)cc3c4cc(-c5ccccn5)ccc4n1c23. The maximum atomic E-state index is 13.6. The van der Waals surface area contributed by atoms with Gasteiger partial charge in [0.25, 0.3) is 5.56 Å². The van der Waals surface area contributed by atoms with Crippen molar-refractivity contribution in [1.82, 2.24) is 14.4 Å². The Morgan fingerprint density at radius 1 is 0.545 bits per heavy atom. The highest BCUT2D eigenvalue weighted by Gasteiger charge is 2.19. The fraction of sp³-hybridized carbons (Fsp3) is 0. The van der Waals surface area contributed by atoms with Crippen molar-refractivity contribution < 1.29 is 0 Å². The Balaban J connectivity index is 1.71. The third kappa shape index (κ3) is 2.55. The van der Waals surface area contributed by atoms with Gasteiger partial charge in [-0.1, -0.05) is 36.4 Å². The first-order chi connectivity index (χ1) is 16.3. The molecule has 7 aromatic rings. The number of aromatic nitrogens is 3. The molecule has 0 saturated carbocycles. The van der Waals surface area contributed by atoms with Crippen molar-refractivity contribution >= 4 is 38.0 Å². The van der Waals surface area contributed by atoms with Gasteiger partial charge in [0.15, 0.2) is 0 Å². The molecule has 0 bridgehead atoms. The molecular formula is C29H17N3O. The fourth-order valence-electron chi connectivity index (χ4n) is 4.96. The van der Waals surface area contributed by atoms with Crippen LogP contribution in [0.4, 0.5) is 0 Å². The van der Waals surface area contributed by atoms with Gasteiger partial charge in [0.2, 0.25) is 0 Å². The molecule has 0 fully saturated rings. The van der Waals surface area contributed by atoms with Crippen LogP contribution in [0.1, 0.15) is 0 Å². The lowest BCUT2D eigenvalue weighted by molar-refractivity contribution is 1.21. The van der Waals surface area contributed by atoms with Crippen molar-refractivity contribution in [2.75, 3.05) is 0 Å². The van der Waals surface area contributed by atoms with Crippen molar-refractivity contribution in [3.05, 3.63) is 114 Å². The Bertz CT molecular complexity index is 1870. The predicted octanol–water partition coefficient (Wildman–Crippen LogP) is 6.32. The summed E-state index contributed by atoms with van der Waals surface area (Å²) in [4.78, 5) is 22.7. The standard InChI is InChI=1S/C29H17N3O/c33-29-21-8-2-1-7-20(21)23-16-19(26-10-4-6-14-31-26)17-24-22-15-18(25-9-3-5-13-30-25)11-12-27(22)32(29)28(23)24/h1-17H. The van der Waals surface area contributed by atoms with E-state index in [1.807, 2.05) is 83.4 Å². The molecule has 4 nitrogen and oxygen atoms in total. The number of pyridine rings is 3. The van der Waals surface area contributed by atoms with Crippen LogP contribution in [0, 0.1) is 0 Å². The molecule has 0 saturated heterocycles. The van der Waals surface area contributed by atoms with E-state index >= 15 is 0 Å². The number of hydrogen-bond acceptors (Lipinski definition) is 3. The molecule has 0 aliphatic heterocycles. The Labute approximate surface area is 188 Å². The van der Waals surface area contributed by atoms with Crippen molar-refractivity contribution in [3.63, 3.8) is 0 Å². The number of rotatable bonds is 2. The molecule has 0 N–H and O–H groups in total. The van der Waals surface area contributed by atoms with Crippen molar-refractivity contribution in [2.24, 2.45) is 0 Å². The second-order valence-corrected chi connectivity index (χ2v) is 8.27. The summed E-state index contributed by atoms with van der Waals surface area (Å²) in [6.45, 7) is 0. The van der Waals surface area contributed by atoms with Crippen molar-refractivity contribution in [2.45, 2.75) is 0 Å². The highest BCUT2D eigenvalue weighted by atomic mass is 16.1. The van der Waals surface area contributed by atoms with Gasteiger partial charge in [0.05, 0.1) is 22.4 Å². The van der Waals surface area contributed by atoms with E-state index in [0.29, 0.717) is 0 Å². The smallest absolute Gasteiger partial charge is 0.263 e. The number of nitrogens with zero attached hydrogens (tertiary/aromatic N) is 3. The van der Waals surface area contributed by atoms with Gasteiger partial charge in [0.1, 0.15) is 0 Å². The Morgan fingerprint density at radius 3 is 1.85 bits per heavy atom. The molecule has 33 heavy (non-hydrogen) atoms. The highest BCUT2D eigenvalue weighted by molar-refractivity contribution is 6.21. The predicted molar refractivity (Wildman–Crippen MR) is 134 cm³/mol. The summed E-state index contributed by atoms with van der Waals surface area (Å²) in [5.74, 6) is 0. The topological polar surface area (TPSA) is 47.3 Å². The summed E-state index contributed by atoms with van der Waals surface area (Å²) in [6.07, 6.45) is 3.61. The summed E-state index contributed by atoms with van der Waals surface area (Å²) >= 11 is 0. The van der Waals surface area contributed by atoms with Crippen LogP contribution in [-0.2, 0) is 0 Å². The van der Waals surface area contributed by atoms with Gasteiger partial charge < -0.3 is 0 Å². The molecule has 4 aromatic heterocycles. The number of benzene rings is 3. The molecule has 0 atom stereocenters. The maximum absolute atomic E-state index is 13.6. The third-order valence-corrected chi connectivity index (χ3v) is 6.43. The van der Waals surface area contributed by atoms with E-state index in [0.717, 1.165) is 60.5 Å². The molecule has 0 aliphatic rings. The molecule has 0 aliphatic carbocycles. The van der Waals surface area contributed by atoms with Crippen LogP contribution in [-0.4, -0.2) is 14.4 Å². The molecule has 7 rings (SSSR count). The first-order valence-corrected chi connectivity index (χ1v) is 10.9. The second-order valence-electron chi connectivity index (χ2n) is 8.27. The van der Waals surface area contributed by atoms with Gasteiger partial charge in [-0.2, -0.15) is 0 Å². The summed E-state index contributed by atoms with van der Waals surface area (Å²) in [7, 11) is 0. The minimum atomic E-state index is 0.00859. The maximum Gasteiger partial charge on any atom is 0.263 e. The second kappa shape index (κ2) is 6.71. The van der Waals surface area contributed by atoms with Crippen LogP contribution < -0.4 is 5.56 Å². The zero-order chi connectivity index (χ0) is 21.9. The van der Waals surface area contributed by atoms with E-state index < -0.39 is 0 Å². The van der Waals surface area contributed by atoms with E-state index in [9.17, 15) is 4.79 Å². The van der Waals surface area contributed by atoms with Crippen LogP contribution in [0.15, 0.2) is 108 Å². The number of hydrogen-bond donors (Lipinski definition) is 0. The summed E-state index contributed by atoms with van der Waals surface area (Å²) < 4.78 is 1.87. The molecular weight excluding hydrogens is 406 g/mol. The first kappa shape index (κ1) is 18.0. The zero-order valence-corrected chi connectivity index (χ0v) is 17.6. The van der Waals surface area contributed by atoms with Crippen LogP contribution >= 0.6 is 0 Å². The largest absolute Gasteiger partial charge is 0.275 e. The first-order valence-electron chi connectivity index (χ1n) is 10.9. The highest BCUT2D eigenvalue weighted by Crippen LogP contribution is 2.38. The quantitative estimate of drug-likeness (QED) is 0.306. The van der Waals surface area contributed by atoms with E-state index in [1.54, 1.807) is 6.20 Å². The van der Waals surface area contributed by atoms with Crippen molar-refractivity contribution in [3.8, 4) is 22.5 Å². The van der Waals surface area contributed by atoms with Gasteiger partial charge in [-0.25, -0.2) is 0 Å². The van der Waals surface area contributed by atoms with Gasteiger partial charge in [-0.3, -0.25) is 19.2 Å². The fourth-order valence-corrected chi connectivity index (χ4v) is 4.96. The molecule has 4 heteroatoms. The molecule has 0 radical (unpaired) electrons. The lowest BCUT2D eigenvalue weighted by Crippen LogP contribution is -2.12.